The summed E-state index contributed by atoms with van der Waals surface area (Å²) in [4.78, 5) is 11.5. The van der Waals surface area contributed by atoms with Crippen molar-refractivity contribution in [3.8, 4) is 0 Å². The number of nitrogens with two attached hydrogens (primary N) is 1. The van der Waals surface area contributed by atoms with E-state index in [2.05, 4.69) is 15.5 Å². The van der Waals surface area contributed by atoms with Gasteiger partial charge in [-0.25, -0.2) is 0 Å². The van der Waals surface area contributed by atoms with Gasteiger partial charge in [-0.2, -0.15) is 5.10 Å². The molecule has 0 aliphatic heterocycles. The molecule has 4 N–H and O–H groups in total. The third kappa shape index (κ3) is 3.48. The van der Waals surface area contributed by atoms with Crippen LogP contribution in [0.5, 0.6) is 0 Å². The van der Waals surface area contributed by atoms with Crippen LogP contribution in [0.3, 0.4) is 0 Å². The van der Waals surface area contributed by atoms with E-state index < -0.39 is 0 Å². The van der Waals surface area contributed by atoms with Gasteiger partial charge in [0.05, 0.1) is 12.2 Å². The lowest BCUT2D eigenvalue weighted by Crippen LogP contribution is -2.20. The maximum Gasteiger partial charge on any atom is 0.244 e. The molecule has 1 heterocycles. The molecule has 0 radical (unpaired) electrons. The van der Waals surface area contributed by atoms with Crippen molar-refractivity contribution in [3.05, 3.63) is 53.9 Å². The molecule has 0 saturated heterocycles. The van der Waals surface area contributed by atoms with Crippen LogP contribution in [-0.2, 0) is 11.3 Å². The Hall–Kier alpha value is -2.56. The number of nitrogens with zero attached hydrogens (tertiary/aromatic N) is 1. The van der Waals surface area contributed by atoms with Crippen LogP contribution < -0.4 is 11.1 Å². The van der Waals surface area contributed by atoms with Crippen molar-refractivity contribution in [1.82, 2.24) is 15.5 Å². The zero-order valence-electron chi connectivity index (χ0n) is 9.76. The van der Waals surface area contributed by atoms with Crippen molar-refractivity contribution >= 4 is 17.7 Å². The summed E-state index contributed by atoms with van der Waals surface area (Å²) >= 11 is 0. The lowest BCUT2D eigenvalue weighted by molar-refractivity contribution is -0.116. The Kier molecular flexibility index (Phi) is 3.76. The molecule has 1 amide bonds. The molecule has 0 fully saturated rings. The molecule has 5 nitrogen and oxygen atoms in total. The van der Waals surface area contributed by atoms with Gasteiger partial charge in [-0.1, -0.05) is 12.1 Å². The normalized spacial score (nSPS) is 10.7. The number of carbonyl (C=O) groups is 1. The van der Waals surface area contributed by atoms with Crippen LogP contribution in [-0.4, -0.2) is 16.1 Å². The van der Waals surface area contributed by atoms with E-state index in [0.29, 0.717) is 12.2 Å². The van der Waals surface area contributed by atoms with E-state index in [1.54, 1.807) is 24.4 Å². The van der Waals surface area contributed by atoms with Crippen LogP contribution in [0.2, 0.25) is 0 Å². The number of hydrogen-bond donors (Lipinski definition) is 3. The number of amides is 1. The predicted octanol–water partition coefficient (Wildman–Crippen LogP) is 1.32. The van der Waals surface area contributed by atoms with Gasteiger partial charge in [-0.15, -0.1) is 0 Å². The average Bonchev–Trinajstić information content (AvgIpc) is 2.89. The summed E-state index contributed by atoms with van der Waals surface area (Å²) in [6, 6.07) is 9.11. The summed E-state index contributed by atoms with van der Waals surface area (Å²) in [6.45, 7) is 0.435. The van der Waals surface area contributed by atoms with Gasteiger partial charge >= 0.3 is 0 Å². The first-order chi connectivity index (χ1) is 8.74. The van der Waals surface area contributed by atoms with E-state index in [-0.39, 0.29) is 5.91 Å². The van der Waals surface area contributed by atoms with Crippen molar-refractivity contribution in [2.45, 2.75) is 6.54 Å². The van der Waals surface area contributed by atoms with E-state index in [0.717, 1.165) is 11.3 Å². The van der Waals surface area contributed by atoms with Crippen LogP contribution in [0.15, 0.2) is 42.6 Å². The Labute approximate surface area is 105 Å². The SMILES string of the molecule is Nc1ccc(/C=C/C(=O)NCc2ccn[nH]2)cc1. The smallest absolute Gasteiger partial charge is 0.244 e. The zero-order chi connectivity index (χ0) is 12.8. The largest absolute Gasteiger partial charge is 0.399 e. The number of rotatable bonds is 4. The summed E-state index contributed by atoms with van der Waals surface area (Å²) in [5, 5.41) is 9.31. The van der Waals surface area contributed by atoms with E-state index in [1.165, 1.54) is 6.08 Å². The minimum atomic E-state index is -0.151. The van der Waals surface area contributed by atoms with Crippen molar-refractivity contribution < 1.29 is 4.79 Å². The first-order valence-corrected chi connectivity index (χ1v) is 5.54. The number of benzene rings is 1. The Bertz CT molecular complexity index is 529. The number of H-pyrrole nitrogens is 1. The molecule has 92 valence electrons. The summed E-state index contributed by atoms with van der Waals surface area (Å²) in [5.74, 6) is -0.151. The van der Waals surface area contributed by atoms with E-state index in [4.69, 9.17) is 5.73 Å². The highest BCUT2D eigenvalue weighted by atomic mass is 16.1. The summed E-state index contributed by atoms with van der Waals surface area (Å²) in [6.07, 6.45) is 4.87. The molecule has 1 aromatic heterocycles. The molecule has 0 aliphatic carbocycles. The quantitative estimate of drug-likeness (QED) is 0.558. The molecule has 0 atom stereocenters. The third-order valence-corrected chi connectivity index (χ3v) is 2.38. The molecular formula is C13H14N4O. The van der Waals surface area contributed by atoms with Crippen LogP contribution in [0, 0.1) is 0 Å². The topological polar surface area (TPSA) is 83.8 Å². The average molecular weight is 242 g/mol. The Morgan fingerprint density at radius 2 is 2.11 bits per heavy atom. The molecule has 18 heavy (non-hydrogen) atoms. The Morgan fingerprint density at radius 3 is 2.78 bits per heavy atom. The van der Waals surface area contributed by atoms with Gasteiger partial charge in [-0.3, -0.25) is 9.89 Å². The fourth-order valence-electron chi connectivity index (χ4n) is 1.40. The van der Waals surface area contributed by atoms with Gasteiger partial charge in [0.25, 0.3) is 0 Å². The maximum absolute atomic E-state index is 11.5. The first kappa shape index (κ1) is 11.9. The lowest BCUT2D eigenvalue weighted by atomic mass is 10.2. The molecule has 0 bridgehead atoms. The molecular weight excluding hydrogens is 228 g/mol. The third-order valence-electron chi connectivity index (χ3n) is 2.38. The number of nitrogen functional groups attached to an aromatic ring is 1. The number of carbonyl (C=O) groups excluding carboxylic acids is 1. The van der Waals surface area contributed by atoms with Gasteiger partial charge in [0.15, 0.2) is 0 Å². The van der Waals surface area contributed by atoms with Crippen LogP contribution >= 0.6 is 0 Å². The standard InChI is InChI=1S/C13H14N4O/c14-11-4-1-10(2-5-11)3-6-13(18)15-9-12-7-8-16-17-12/h1-8H,9,14H2,(H,15,18)(H,16,17)/b6-3+. The maximum atomic E-state index is 11.5. The molecule has 2 rings (SSSR count). The molecule has 0 saturated carbocycles. The first-order valence-electron chi connectivity index (χ1n) is 5.54. The van der Waals surface area contributed by atoms with Gasteiger partial charge < -0.3 is 11.1 Å². The summed E-state index contributed by atoms with van der Waals surface area (Å²) in [5.41, 5.74) is 8.07. The van der Waals surface area contributed by atoms with E-state index in [9.17, 15) is 4.79 Å². The molecule has 2 aromatic rings. The summed E-state index contributed by atoms with van der Waals surface area (Å²) < 4.78 is 0. The second-order valence-corrected chi connectivity index (χ2v) is 3.80. The predicted molar refractivity (Wildman–Crippen MR) is 70.3 cm³/mol. The molecule has 5 heteroatoms. The number of hydrogen-bond acceptors (Lipinski definition) is 3. The fourth-order valence-corrected chi connectivity index (χ4v) is 1.40. The highest BCUT2D eigenvalue weighted by molar-refractivity contribution is 5.91. The van der Waals surface area contributed by atoms with E-state index >= 15 is 0 Å². The minimum Gasteiger partial charge on any atom is -0.399 e. The van der Waals surface area contributed by atoms with Crippen molar-refractivity contribution in [3.63, 3.8) is 0 Å². The Morgan fingerprint density at radius 1 is 1.33 bits per heavy atom. The summed E-state index contributed by atoms with van der Waals surface area (Å²) in [7, 11) is 0. The number of anilines is 1. The van der Waals surface area contributed by atoms with Gasteiger partial charge in [0.1, 0.15) is 0 Å². The van der Waals surface area contributed by atoms with Gasteiger partial charge in [-0.05, 0) is 29.8 Å². The number of aromatic nitrogens is 2. The molecule has 0 spiro atoms. The highest BCUT2D eigenvalue weighted by Gasteiger charge is 1.97. The van der Waals surface area contributed by atoms with Crippen molar-refractivity contribution in [1.29, 1.82) is 0 Å². The van der Waals surface area contributed by atoms with Crippen molar-refractivity contribution in [2.75, 3.05) is 5.73 Å². The monoisotopic (exact) mass is 242 g/mol. The second-order valence-electron chi connectivity index (χ2n) is 3.80. The molecule has 0 unspecified atom stereocenters. The molecule has 0 aliphatic rings. The minimum absolute atomic E-state index is 0.151. The Balaban J connectivity index is 1.85. The number of nitrogens with one attached hydrogen (secondary N) is 2. The van der Waals surface area contributed by atoms with Crippen LogP contribution in [0.4, 0.5) is 5.69 Å². The van der Waals surface area contributed by atoms with E-state index in [1.807, 2.05) is 18.2 Å². The van der Waals surface area contributed by atoms with Crippen molar-refractivity contribution in [2.24, 2.45) is 0 Å². The zero-order valence-corrected chi connectivity index (χ0v) is 9.76. The van der Waals surface area contributed by atoms with Crippen LogP contribution in [0.25, 0.3) is 6.08 Å². The highest BCUT2D eigenvalue weighted by Crippen LogP contribution is 2.06. The van der Waals surface area contributed by atoms with Crippen LogP contribution in [0.1, 0.15) is 11.3 Å². The molecule has 1 aromatic carbocycles. The second kappa shape index (κ2) is 5.67. The van der Waals surface area contributed by atoms with Gasteiger partial charge in [0, 0.05) is 18.0 Å². The lowest BCUT2D eigenvalue weighted by Gasteiger charge is -1.99. The number of aromatic amines is 1. The fraction of sp³-hybridized carbons (Fsp3) is 0.0769. The van der Waals surface area contributed by atoms with Gasteiger partial charge in [0.2, 0.25) is 5.91 Å².